The summed E-state index contributed by atoms with van der Waals surface area (Å²) in [4.78, 5) is 2.52. The maximum absolute atomic E-state index is 3.68. The third kappa shape index (κ3) is 5.70. The monoisotopic (exact) mass is 290 g/mol. The van der Waals surface area contributed by atoms with Gasteiger partial charge in [-0.1, -0.05) is 45.9 Å². The smallest absolute Gasteiger partial charge is 0.0366 e. The molecule has 0 unspecified atom stereocenters. The molecule has 0 amide bonds. The highest BCUT2D eigenvalue weighted by Crippen LogP contribution is 2.29. The van der Waals surface area contributed by atoms with E-state index in [2.05, 4.69) is 75.2 Å². The van der Waals surface area contributed by atoms with Crippen LogP contribution >= 0.6 is 0 Å². The van der Waals surface area contributed by atoms with Crippen molar-refractivity contribution in [1.82, 2.24) is 5.32 Å². The Morgan fingerprint density at radius 1 is 1.05 bits per heavy atom. The van der Waals surface area contributed by atoms with E-state index in [0.717, 1.165) is 26.2 Å². The Hall–Kier alpha value is -1.02. The average molecular weight is 290 g/mol. The van der Waals surface area contributed by atoms with Gasteiger partial charge < -0.3 is 10.2 Å². The molecule has 0 saturated carbocycles. The second-order valence-corrected chi connectivity index (χ2v) is 6.58. The number of para-hydroxylation sites is 1. The first kappa shape index (κ1) is 18.0. The number of nitrogens with one attached hydrogen (secondary N) is 1. The lowest BCUT2D eigenvalue weighted by Crippen LogP contribution is -2.44. The fourth-order valence-corrected chi connectivity index (χ4v) is 2.83. The fraction of sp³-hybridized carbons (Fsp3) is 0.684. The number of hydrogen-bond donors (Lipinski definition) is 1. The lowest BCUT2D eigenvalue weighted by molar-refractivity contribution is 0.249. The summed E-state index contributed by atoms with van der Waals surface area (Å²) in [6.45, 7) is 15.9. The van der Waals surface area contributed by atoms with Crippen molar-refractivity contribution in [2.24, 2.45) is 11.3 Å². The van der Waals surface area contributed by atoms with Gasteiger partial charge in [-0.2, -0.15) is 0 Å². The van der Waals surface area contributed by atoms with Crippen LogP contribution in [0.2, 0.25) is 0 Å². The minimum Gasteiger partial charge on any atom is -0.371 e. The third-order valence-corrected chi connectivity index (χ3v) is 4.58. The molecule has 1 N–H and O–H groups in total. The summed E-state index contributed by atoms with van der Waals surface area (Å²) in [6, 6.07) is 10.8. The van der Waals surface area contributed by atoms with Gasteiger partial charge in [-0.05, 0) is 49.8 Å². The Bertz CT molecular complexity index is 368. The number of benzene rings is 1. The molecule has 0 radical (unpaired) electrons. The average Bonchev–Trinajstić information content (AvgIpc) is 2.51. The molecule has 1 aromatic carbocycles. The first-order valence-corrected chi connectivity index (χ1v) is 8.57. The van der Waals surface area contributed by atoms with E-state index in [9.17, 15) is 0 Å². The highest BCUT2D eigenvalue weighted by Gasteiger charge is 2.28. The molecule has 2 nitrogen and oxygen atoms in total. The molecule has 2 heteroatoms. The van der Waals surface area contributed by atoms with Gasteiger partial charge in [0.05, 0.1) is 0 Å². The van der Waals surface area contributed by atoms with Crippen molar-refractivity contribution >= 4 is 5.69 Å². The van der Waals surface area contributed by atoms with E-state index < -0.39 is 0 Å². The molecule has 0 spiro atoms. The van der Waals surface area contributed by atoms with Gasteiger partial charge in [-0.15, -0.1) is 0 Å². The van der Waals surface area contributed by atoms with Crippen molar-refractivity contribution in [3.63, 3.8) is 0 Å². The summed E-state index contributed by atoms with van der Waals surface area (Å²) < 4.78 is 0. The molecular formula is C19H34N2. The van der Waals surface area contributed by atoms with Crippen LogP contribution in [0.25, 0.3) is 0 Å². The number of hydrogen-bond acceptors (Lipinski definition) is 2. The summed E-state index contributed by atoms with van der Waals surface area (Å²) in [7, 11) is 0. The summed E-state index contributed by atoms with van der Waals surface area (Å²) >= 11 is 0. The lowest BCUT2D eigenvalue weighted by atomic mass is 9.81. The van der Waals surface area contributed by atoms with Crippen LogP contribution in [-0.4, -0.2) is 26.2 Å². The van der Waals surface area contributed by atoms with Crippen LogP contribution in [0.3, 0.4) is 0 Å². The third-order valence-electron chi connectivity index (χ3n) is 4.58. The highest BCUT2D eigenvalue weighted by atomic mass is 15.1. The first-order valence-electron chi connectivity index (χ1n) is 8.57. The fourth-order valence-electron chi connectivity index (χ4n) is 2.83. The van der Waals surface area contributed by atoms with Gasteiger partial charge in [-0.3, -0.25) is 0 Å². The molecule has 0 aliphatic heterocycles. The minimum absolute atomic E-state index is 0.362. The summed E-state index contributed by atoms with van der Waals surface area (Å²) in [5.41, 5.74) is 1.70. The molecule has 0 aromatic heterocycles. The standard InChI is InChI=1S/C19H34N2/c1-6-19(7-2,15-20-14-17(4)5)16-21(8-3)18-12-10-9-11-13-18/h9-13,17,20H,6-8,14-16H2,1-5H3. The van der Waals surface area contributed by atoms with E-state index in [-0.39, 0.29) is 0 Å². The van der Waals surface area contributed by atoms with Crippen molar-refractivity contribution in [1.29, 1.82) is 0 Å². The maximum Gasteiger partial charge on any atom is 0.0366 e. The number of rotatable bonds is 10. The van der Waals surface area contributed by atoms with Crippen LogP contribution < -0.4 is 10.2 Å². The van der Waals surface area contributed by atoms with Gasteiger partial charge in [0.25, 0.3) is 0 Å². The van der Waals surface area contributed by atoms with Crippen molar-refractivity contribution < 1.29 is 0 Å². The number of nitrogens with zero attached hydrogens (tertiary/aromatic N) is 1. The second kappa shape index (κ2) is 9.09. The molecule has 0 aliphatic carbocycles. The predicted molar refractivity (Wildman–Crippen MR) is 95.1 cm³/mol. The largest absolute Gasteiger partial charge is 0.371 e. The molecular weight excluding hydrogens is 256 g/mol. The van der Waals surface area contributed by atoms with Crippen LogP contribution in [0.4, 0.5) is 5.69 Å². The minimum atomic E-state index is 0.362. The van der Waals surface area contributed by atoms with E-state index in [1.807, 2.05) is 0 Å². The molecule has 0 bridgehead atoms. The van der Waals surface area contributed by atoms with Crippen molar-refractivity contribution in [3.8, 4) is 0 Å². The quantitative estimate of drug-likeness (QED) is 0.679. The van der Waals surface area contributed by atoms with Crippen molar-refractivity contribution in [3.05, 3.63) is 30.3 Å². The topological polar surface area (TPSA) is 15.3 Å². The van der Waals surface area contributed by atoms with Crippen molar-refractivity contribution in [2.45, 2.75) is 47.5 Å². The zero-order chi connectivity index (χ0) is 15.7. The van der Waals surface area contributed by atoms with E-state index in [1.165, 1.54) is 18.5 Å². The van der Waals surface area contributed by atoms with Crippen LogP contribution in [0, 0.1) is 11.3 Å². The van der Waals surface area contributed by atoms with Gasteiger partial charge >= 0.3 is 0 Å². The number of anilines is 1. The van der Waals surface area contributed by atoms with Gasteiger partial charge in [0, 0.05) is 25.3 Å². The maximum atomic E-state index is 3.68. The molecule has 0 fully saturated rings. The summed E-state index contributed by atoms with van der Waals surface area (Å²) in [5, 5.41) is 3.68. The molecule has 0 atom stereocenters. The zero-order valence-electron chi connectivity index (χ0n) is 14.7. The molecule has 0 aliphatic rings. The van der Waals surface area contributed by atoms with E-state index >= 15 is 0 Å². The Labute approximate surface area is 131 Å². The van der Waals surface area contributed by atoms with Crippen LogP contribution in [-0.2, 0) is 0 Å². The lowest BCUT2D eigenvalue weighted by Gasteiger charge is -2.38. The van der Waals surface area contributed by atoms with Gasteiger partial charge in [0.15, 0.2) is 0 Å². The summed E-state index contributed by atoms with van der Waals surface area (Å²) in [5.74, 6) is 0.716. The van der Waals surface area contributed by atoms with Gasteiger partial charge in [0.2, 0.25) is 0 Å². The normalized spacial score (nSPS) is 11.9. The molecule has 120 valence electrons. The van der Waals surface area contributed by atoms with Crippen LogP contribution in [0.15, 0.2) is 30.3 Å². The molecule has 1 aromatic rings. The highest BCUT2D eigenvalue weighted by molar-refractivity contribution is 5.46. The van der Waals surface area contributed by atoms with Gasteiger partial charge in [-0.25, -0.2) is 0 Å². The van der Waals surface area contributed by atoms with E-state index in [4.69, 9.17) is 0 Å². The second-order valence-electron chi connectivity index (χ2n) is 6.58. The Balaban J connectivity index is 2.74. The van der Waals surface area contributed by atoms with E-state index in [1.54, 1.807) is 0 Å². The molecule has 0 saturated heterocycles. The molecule has 21 heavy (non-hydrogen) atoms. The van der Waals surface area contributed by atoms with Crippen LogP contribution in [0.1, 0.15) is 47.5 Å². The first-order chi connectivity index (χ1) is 10.1. The Morgan fingerprint density at radius 3 is 2.14 bits per heavy atom. The van der Waals surface area contributed by atoms with Crippen LogP contribution in [0.5, 0.6) is 0 Å². The Morgan fingerprint density at radius 2 is 1.67 bits per heavy atom. The molecule has 0 heterocycles. The SMILES string of the molecule is CCN(CC(CC)(CC)CNCC(C)C)c1ccccc1. The van der Waals surface area contributed by atoms with E-state index in [0.29, 0.717) is 11.3 Å². The van der Waals surface area contributed by atoms with Crippen molar-refractivity contribution in [2.75, 3.05) is 31.1 Å². The predicted octanol–water partition coefficient (Wildman–Crippen LogP) is 4.56. The van der Waals surface area contributed by atoms with Gasteiger partial charge in [0.1, 0.15) is 0 Å². The summed E-state index contributed by atoms with van der Waals surface area (Å²) in [6.07, 6.45) is 2.44. The molecule has 1 rings (SSSR count). The zero-order valence-corrected chi connectivity index (χ0v) is 14.7. The Kier molecular flexibility index (Phi) is 7.81.